The summed E-state index contributed by atoms with van der Waals surface area (Å²) in [6, 6.07) is 0. The summed E-state index contributed by atoms with van der Waals surface area (Å²) in [5, 5.41) is 13.2. The Morgan fingerprint density at radius 3 is 2.68 bits per heavy atom. The van der Waals surface area contributed by atoms with Gasteiger partial charge in [0.2, 0.25) is 0 Å². The molecule has 3 nitrogen and oxygen atoms in total. The van der Waals surface area contributed by atoms with Gasteiger partial charge in [-0.15, -0.1) is 0 Å². The van der Waals surface area contributed by atoms with Crippen LogP contribution in [-0.2, 0) is 4.74 Å². The second-order valence-electron chi connectivity index (χ2n) is 6.37. The minimum atomic E-state index is -0.369. The van der Waals surface area contributed by atoms with Gasteiger partial charge in [-0.2, -0.15) is 0 Å². The molecule has 1 fully saturated rings. The molecular formula is C16H33NO2. The van der Waals surface area contributed by atoms with Crippen LogP contribution in [0.5, 0.6) is 0 Å². The lowest BCUT2D eigenvalue weighted by Crippen LogP contribution is -2.35. The molecule has 0 aliphatic heterocycles. The summed E-state index contributed by atoms with van der Waals surface area (Å²) < 4.78 is 5.94. The molecule has 0 aromatic heterocycles. The minimum Gasteiger partial charge on any atom is -0.389 e. The van der Waals surface area contributed by atoms with Crippen molar-refractivity contribution in [3.05, 3.63) is 0 Å². The van der Waals surface area contributed by atoms with Crippen LogP contribution in [0.15, 0.2) is 0 Å². The van der Waals surface area contributed by atoms with E-state index < -0.39 is 0 Å². The summed E-state index contributed by atoms with van der Waals surface area (Å²) >= 11 is 0. The van der Waals surface area contributed by atoms with Gasteiger partial charge in [0.05, 0.1) is 18.8 Å². The van der Waals surface area contributed by atoms with Crippen molar-refractivity contribution in [2.45, 2.75) is 71.5 Å². The lowest BCUT2D eigenvalue weighted by Gasteiger charge is -2.31. The average Bonchev–Trinajstić information content (AvgIpc) is 2.41. The summed E-state index contributed by atoms with van der Waals surface area (Å²) in [4.78, 5) is 0. The van der Waals surface area contributed by atoms with Gasteiger partial charge in [-0.25, -0.2) is 0 Å². The van der Waals surface area contributed by atoms with Gasteiger partial charge in [-0.3, -0.25) is 0 Å². The molecule has 0 aromatic carbocycles. The first-order valence-corrected chi connectivity index (χ1v) is 8.13. The van der Waals surface area contributed by atoms with Crippen molar-refractivity contribution in [2.75, 3.05) is 19.7 Å². The second-order valence-corrected chi connectivity index (χ2v) is 6.37. The predicted molar refractivity (Wildman–Crippen MR) is 80.3 cm³/mol. The molecular weight excluding hydrogens is 238 g/mol. The van der Waals surface area contributed by atoms with Crippen molar-refractivity contribution in [1.82, 2.24) is 5.32 Å². The third-order valence-electron chi connectivity index (χ3n) is 4.14. The van der Waals surface area contributed by atoms with Gasteiger partial charge >= 0.3 is 0 Å². The predicted octanol–water partition coefficient (Wildman–Crippen LogP) is 2.97. The highest BCUT2D eigenvalue weighted by Gasteiger charge is 2.24. The maximum atomic E-state index is 9.92. The number of nitrogens with one attached hydrogen (secondary N) is 1. The van der Waals surface area contributed by atoms with E-state index in [1.807, 2.05) is 0 Å². The Kier molecular flexibility index (Phi) is 8.67. The first-order valence-electron chi connectivity index (χ1n) is 8.13. The normalized spacial score (nSPS) is 25.7. The largest absolute Gasteiger partial charge is 0.389 e. The van der Waals surface area contributed by atoms with Crippen LogP contribution in [-0.4, -0.2) is 37.0 Å². The smallest absolute Gasteiger partial charge is 0.0897 e. The van der Waals surface area contributed by atoms with Crippen LogP contribution in [0.3, 0.4) is 0 Å². The molecule has 1 aliphatic carbocycles. The molecule has 1 aliphatic rings. The third kappa shape index (κ3) is 7.28. The first-order chi connectivity index (χ1) is 9.13. The quantitative estimate of drug-likeness (QED) is 0.634. The van der Waals surface area contributed by atoms with E-state index in [4.69, 9.17) is 4.74 Å². The van der Waals surface area contributed by atoms with E-state index >= 15 is 0 Å². The topological polar surface area (TPSA) is 41.5 Å². The van der Waals surface area contributed by atoms with Gasteiger partial charge in [-0.05, 0) is 37.6 Å². The molecule has 3 atom stereocenters. The summed E-state index contributed by atoms with van der Waals surface area (Å²) in [6.45, 7) is 8.79. The van der Waals surface area contributed by atoms with Crippen LogP contribution in [0.4, 0.5) is 0 Å². The van der Waals surface area contributed by atoms with Crippen LogP contribution >= 0.6 is 0 Å². The highest BCUT2D eigenvalue weighted by Crippen LogP contribution is 2.29. The van der Waals surface area contributed by atoms with E-state index in [1.54, 1.807) is 0 Å². The molecule has 0 radical (unpaired) electrons. The van der Waals surface area contributed by atoms with Crippen LogP contribution < -0.4 is 5.32 Å². The molecule has 0 aromatic rings. The monoisotopic (exact) mass is 271 g/mol. The van der Waals surface area contributed by atoms with Crippen molar-refractivity contribution in [1.29, 1.82) is 0 Å². The number of ether oxygens (including phenoxy) is 1. The van der Waals surface area contributed by atoms with Gasteiger partial charge in [0.1, 0.15) is 0 Å². The van der Waals surface area contributed by atoms with E-state index in [1.165, 1.54) is 32.1 Å². The Balaban J connectivity index is 2.09. The van der Waals surface area contributed by atoms with E-state index in [0.717, 1.165) is 13.0 Å². The number of hydrogen-bond acceptors (Lipinski definition) is 3. The summed E-state index contributed by atoms with van der Waals surface area (Å²) in [7, 11) is 0. The van der Waals surface area contributed by atoms with Crippen LogP contribution in [0.25, 0.3) is 0 Å². The number of rotatable bonds is 9. The molecule has 19 heavy (non-hydrogen) atoms. The van der Waals surface area contributed by atoms with E-state index in [2.05, 4.69) is 26.1 Å². The van der Waals surface area contributed by atoms with Gasteiger partial charge in [0.15, 0.2) is 0 Å². The fourth-order valence-corrected chi connectivity index (χ4v) is 2.81. The Hall–Kier alpha value is -0.120. The van der Waals surface area contributed by atoms with Crippen molar-refractivity contribution in [3.8, 4) is 0 Å². The Morgan fingerprint density at radius 1 is 1.26 bits per heavy atom. The Bertz CT molecular complexity index is 221. The van der Waals surface area contributed by atoms with Gasteiger partial charge in [-0.1, -0.05) is 40.0 Å². The zero-order valence-corrected chi connectivity index (χ0v) is 13.0. The lowest BCUT2D eigenvalue weighted by atomic mass is 9.85. The molecule has 0 spiro atoms. The zero-order chi connectivity index (χ0) is 14.1. The highest BCUT2D eigenvalue weighted by atomic mass is 16.5. The molecule has 0 amide bonds. The fourth-order valence-electron chi connectivity index (χ4n) is 2.81. The van der Waals surface area contributed by atoms with E-state index in [9.17, 15) is 5.11 Å². The summed E-state index contributed by atoms with van der Waals surface area (Å²) in [5.41, 5.74) is 0. The molecule has 2 N–H and O–H groups in total. The van der Waals surface area contributed by atoms with Crippen molar-refractivity contribution in [3.63, 3.8) is 0 Å². The maximum Gasteiger partial charge on any atom is 0.0897 e. The van der Waals surface area contributed by atoms with E-state index in [0.29, 0.717) is 31.1 Å². The molecule has 3 heteroatoms. The lowest BCUT2D eigenvalue weighted by molar-refractivity contribution is -0.0498. The Labute approximate surface area is 119 Å². The molecule has 0 saturated heterocycles. The SMILES string of the molecule is CCC1CCCCC1OCC(O)CNCCC(C)C. The summed E-state index contributed by atoms with van der Waals surface area (Å²) in [5.74, 6) is 1.42. The zero-order valence-electron chi connectivity index (χ0n) is 13.0. The average molecular weight is 271 g/mol. The van der Waals surface area contributed by atoms with Crippen molar-refractivity contribution < 1.29 is 9.84 Å². The standard InChI is InChI=1S/C16H33NO2/c1-4-14-7-5-6-8-16(14)19-12-15(18)11-17-10-9-13(2)3/h13-18H,4-12H2,1-3H3. The molecule has 1 saturated carbocycles. The fraction of sp³-hybridized carbons (Fsp3) is 1.00. The number of hydrogen-bond donors (Lipinski definition) is 2. The van der Waals surface area contributed by atoms with Crippen molar-refractivity contribution in [2.24, 2.45) is 11.8 Å². The van der Waals surface area contributed by atoms with Crippen LogP contribution in [0.1, 0.15) is 59.3 Å². The van der Waals surface area contributed by atoms with Gasteiger partial charge in [0.25, 0.3) is 0 Å². The minimum absolute atomic E-state index is 0.369. The number of aliphatic hydroxyl groups is 1. The second kappa shape index (κ2) is 9.73. The van der Waals surface area contributed by atoms with Crippen LogP contribution in [0.2, 0.25) is 0 Å². The first kappa shape index (κ1) is 16.9. The maximum absolute atomic E-state index is 9.92. The molecule has 3 unspecified atom stereocenters. The highest BCUT2D eigenvalue weighted by molar-refractivity contribution is 4.75. The van der Waals surface area contributed by atoms with Gasteiger partial charge < -0.3 is 15.2 Å². The Morgan fingerprint density at radius 2 is 2.00 bits per heavy atom. The third-order valence-corrected chi connectivity index (χ3v) is 4.14. The van der Waals surface area contributed by atoms with Gasteiger partial charge in [0, 0.05) is 6.54 Å². The molecule has 0 heterocycles. The molecule has 0 bridgehead atoms. The number of aliphatic hydroxyl groups excluding tert-OH is 1. The summed E-state index contributed by atoms with van der Waals surface area (Å²) in [6.07, 6.45) is 7.47. The van der Waals surface area contributed by atoms with E-state index in [-0.39, 0.29) is 6.10 Å². The van der Waals surface area contributed by atoms with Crippen LogP contribution in [0, 0.1) is 11.8 Å². The molecule has 1 rings (SSSR count). The van der Waals surface area contributed by atoms with Crippen molar-refractivity contribution >= 4 is 0 Å². The molecule has 114 valence electrons.